The van der Waals surface area contributed by atoms with Gasteiger partial charge in [-0.1, -0.05) is 0 Å². The smallest absolute Gasteiger partial charge is 0.261 e. The highest BCUT2D eigenvalue weighted by Gasteiger charge is 2.21. The molecule has 0 bridgehead atoms. The molecule has 1 aliphatic rings. The normalized spacial score (nSPS) is 15.8. The molecule has 7 heteroatoms. The van der Waals surface area contributed by atoms with Crippen molar-refractivity contribution in [1.29, 1.82) is 0 Å². The van der Waals surface area contributed by atoms with Crippen LogP contribution in [0, 0.1) is 5.82 Å². The molecule has 1 heterocycles. The number of hydrogen-bond acceptors (Lipinski definition) is 4. The number of rotatable bonds is 7. The lowest BCUT2D eigenvalue weighted by molar-refractivity contribution is 0.541. The number of nitrogens with zero attached hydrogens (tertiary/aromatic N) is 1. The van der Waals surface area contributed by atoms with Crippen LogP contribution in [0.3, 0.4) is 0 Å². The van der Waals surface area contributed by atoms with Crippen molar-refractivity contribution < 1.29 is 12.8 Å². The predicted octanol–water partition coefficient (Wildman–Crippen LogP) is 0.641. The molecule has 18 heavy (non-hydrogen) atoms. The topological polar surface area (TPSA) is 71.1 Å². The van der Waals surface area contributed by atoms with Gasteiger partial charge in [-0.15, -0.1) is 0 Å². The van der Waals surface area contributed by atoms with E-state index in [9.17, 15) is 12.8 Å². The Labute approximate surface area is 106 Å². The number of sulfonamides is 1. The molecule has 0 aliphatic heterocycles. The average molecular weight is 273 g/mol. The van der Waals surface area contributed by atoms with Crippen molar-refractivity contribution in [1.82, 2.24) is 15.0 Å². The fourth-order valence-electron chi connectivity index (χ4n) is 1.53. The number of pyridine rings is 1. The van der Waals surface area contributed by atoms with Gasteiger partial charge in [0.25, 0.3) is 10.0 Å². The second-order valence-electron chi connectivity index (χ2n) is 4.27. The van der Waals surface area contributed by atoms with Gasteiger partial charge in [0.15, 0.2) is 5.82 Å². The maximum Gasteiger partial charge on any atom is 0.261 e. The van der Waals surface area contributed by atoms with Crippen molar-refractivity contribution in [3.05, 3.63) is 24.1 Å². The summed E-state index contributed by atoms with van der Waals surface area (Å²) in [6.45, 7) is 1.04. The van der Waals surface area contributed by atoms with Crippen molar-refractivity contribution in [2.24, 2.45) is 0 Å². The van der Waals surface area contributed by atoms with Crippen molar-refractivity contribution in [3.8, 4) is 0 Å². The van der Waals surface area contributed by atoms with Gasteiger partial charge >= 0.3 is 0 Å². The molecule has 2 N–H and O–H groups in total. The van der Waals surface area contributed by atoms with Gasteiger partial charge in [-0.05, 0) is 37.9 Å². The molecule has 1 aliphatic carbocycles. The molecule has 1 aromatic rings. The summed E-state index contributed by atoms with van der Waals surface area (Å²) >= 11 is 0. The summed E-state index contributed by atoms with van der Waals surface area (Å²) in [6, 6.07) is 3.04. The monoisotopic (exact) mass is 273 g/mol. The largest absolute Gasteiger partial charge is 0.314 e. The molecular formula is C11H16FN3O2S. The van der Waals surface area contributed by atoms with E-state index in [1.165, 1.54) is 25.1 Å². The number of nitrogens with one attached hydrogen (secondary N) is 2. The Morgan fingerprint density at radius 1 is 1.39 bits per heavy atom. The van der Waals surface area contributed by atoms with Crippen molar-refractivity contribution in [3.63, 3.8) is 0 Å². The summed E-state index contributed by atoms with van der Waals surface area (Å²) in [5, 5.41) is 2.73. The van der Waals surface area contributed by atoms with E-state index in [-0.39, 0.29) is 6.54 Å². The lowest BCUT2D eigenvalue weighted by atomic mass is 10.4. The van der Waals surface area contributed by atoms with Crippen LogP contribution in [0.4, 0.5) is 4.39 Å². The molecule has 5 nitrogen and oxygen atoms in total. The van der Waals surface area contributed by atoms with Crippen LogP contribution in [0.1, 0.15) is 19.3 Å². The molecule has 0 aromatic carbocycles. The van der Waals surface area contributed by atoms with Crippen LogP contribution in [0.25, 0.3) is 0 Å². The van der Waals surface area contributed by atoms with Crippen molar-refractivity contribution >= 4 is 10.0 Å². The maximum absolute atomic E-state index is 13.3. The Hall–Kier alpha value is -1.05. The summed E-state index contributed by atoms with van der Waals surface area (Å²) < 4.78 is 39.1. The summed E-state index contributed by atoms with van der Waals surface area (Å²) in [6.07, 6.45) is 4.33. The first-order valence-corrected chi connectivity index (χ1v) is 7.41. The van der Waals surface area contributed by atoms with E-state index >= 15 is 0 Å². The van der Waals surface area contributed by atoms with E-state index in [4.69, 9.17) is 0 Å². The number of halogens is 1. The van der Waals surface area contributed by atoms with E-state index < -0.39 is 20.9 Å². The Morgan fingerprint density at radius 3 is 2.83 bits per heavy atom. The van der Waals surface area contributed by atoms with Crippen LogP contribution in [-0.4, -0.2) is 32.5 Å². The Balaban J connectivity index is 1.81. The van der Waals surface area contributed by atoms with Gasteiger partial charge in [-0.3, -0.25) is 0 Å². The van der Waals surface area contributed by atoms with Crippen molar-refractivity contribution in [2.45, 2.75) is 30.3 Å². The predicted molar refractivity (Wildman–Crippen MR) is 65.0 cm³/mol. The standard InChI is InChI=1S/C11H16FN3O2S/c12-10-3-1-6-14-11(10)18(16,17)15-8-2-7-13-9-4-5-9/h1,3,6,9,13,15H,2,4-5,7-8H2. The van der Waals surface area contributed by atoms with E-state index in [1.807, 2.05) is 0 Å². The Morgan fingerprint density at radius 2 is 2.17 bits per heavy atom. The van der Waals surface area contributed by atoms with Crippen molar-refractivity contribution in [2.75, 3.05) is 13.1 Å². The van der Waals surface area contributed by atoms with E-state index in [1.54, 1.807) is 0 Å². The van der Waals surface area contributed by atoms with Gasteiger partial charge in [0.2, 0.25) is 5.03 Å². The summed E-state index contributed by atoms with van der Waals surface area (Å²) in [4.78, 5) is 3.55. The zero-order valence-electron chi connectivity index (χ0n) is 9.89. The van der Waals surface area contributed by atoms with Crippen LogP contribution in [0.15, 0.2) is 23.4 Å². The van der Waals surface area contributed by atoms with Gasteiger partial charge in [0.05, 0.1) is 0 Å². The third-order valence-corrected chi connectivity index (χ3v) is 4.03. The second kappa shape index (κ2) is 5.73. The van der Waals surface area contributed by atoms with E-state index in [2.05, 4.69) is 15.0 Å². The fraction of sp³-hybridized carbons (Fsp3) is 0.545. The number of aromatic nitrogens is 1. The fourth-order valence-corrected chi connectivity index (χ4v) is 2.60. The minimum atomic E-state index is -3.84. The molecule has 0 amide bonds. The third-order valence-electron chi connectivity index (χ3n) is 2.64. The molecule has 0 atom stereocenters. The summed E-state index contributed by atoms with van der Waals surface area (Å²) in [5.41, 5.74) is 0. The van der Waals surface area contributed by atoms with E-state index in [0.717, 1.165) is 12.6 Å². The van der Waals surface area contributed by atoms with Gasteiger partial charge in [0, 0.05) is 18.8 Å². The lowest BCUT2D eigenvalue weighted by Gasteiger charge is -2.07. The Bertz CT molecular complexity index is 503. The van der Waals surface area contributed by atoms with Crippen LogP contribution in [0.5, 0.6) is 0 Å². The zero-order chi connectivity index (χ0) is 13.0. The van der Waals surface area contributed by atoms with Gasteiger partial charge < -0.3 is 5.32 Å². The highest BCUT2D eigenvalue weighted by Crippen LogP contribution is 2.18. The maximum atomic E-state index is 13.3. The van der Waals surface area contributed by atoms with Gasteiger partial charge in [0.1, 0.15) is 0 Å². The van der Waals surface area contributed by atoms with Crippen LogP contribution in [0.2, 0.25) is 0 Å². The average Bonchev–Trinajstić information content (AvgIpc) is 3.13. The lowest BCUT2D eigenvalue weighted by Crippen LogP contribution is -2.29. The van der Waals surface area contributed by atoms with Gasteiger partial charge in [-0.2, -0.15) is 0 Å². The summed E-state index contributed by atoms with van der Waals surface area (Å²) in [7, 11) is -3.84. The van der Waals surface area contributed by atoms with Crippen LogP contribution in [-0.2, 0) is 10.0 Å². The number of hydrogen-bond donors (Lipinski definition) is 2. The zero-order valence-corrected chi connectivity index (χ0v) is 10.7. The first-order chi connectivity index (χ1) is 8.59. The third kappa shape index (κ3) is 3.72. The minimum Gasteiger partial charge on any atom is -0.314 e. The molecule has 1 saturated carbocycles. The summed E-state index contributed by atoms with van der Waals surface area (Å²) in [5.74, 6) is -0.832. The minimum absolute atomic E-state index is 0.276. The molecule has 0 radical (unpaired) electrons. The quantitative estimate of drug-likeness (QED) is 0.715. The molecule has 0 saturated heterocycles. The molecule has 1 fully saturated rings. The molecular weight excluding hydrogens is 257 g/mol. The van der Waals surface area contributed by atoms with Crippen LogP contribution < -0.4 is 10.0 Å². The molecule has 100 valence electrons. The molecule has 1 aromatic heterocycles. The molecule has 0 unspecified atom stereocenters. The van der Waals surface area contributed by atoms with Gasteiger partial charge in [-0.25, -0.2) is 22.5 Å². The van der Waals surface area contributed by atoms with E-state index in [0.29, 0.717) is 12.5 Å². The Kier molecular flexibility index (Phi) is 4.26. The van der Waals surface area contributed by atoms with Crippen LogP contribution >= 0.6 is 0 Å². The first-order valence-electron chi connectivity index (χ1n) is 5.93. The molecule has 0 spiro atoms. The highest BCUT2D eigenvalue weighted by molar-refractivity contribution is 7.89. The molecule has 2 rings (SSSR count). The SMILES string of the molecule is O=S(=O)(NCCCNC1CC1)c1ncccc1F. The first kappa shape index (κ1) is 13.4. The second-order valence-corrected chi connectivity index (χ2v) is 5.95. The highest BCUT2D eigenvalue weighted by atomic mass is 32.2.